The molecular weight excluding hydrogens is 360 g/mol. The maximum atomic E-state index is 13.2. The number of carbonyl (C=O) groups is 1. The molecule has 0 bridgehead atoms. The van der Waals surface area contributed by atoms with Gasteiger partial charge in [-0.3, -0.25) is 4.79 Å². The Morgan fingerprint density at radius 1 is 1.38 bits per heavy atom. The Morgan fingerprint density at radius 3 is 2.79 bits per heavy atom. The lowest BCUT2D eigenvalue weighted by Crippen LogP contribution is -2.43. The van der Waals surface area contributed by atoms with Crippen LogP contribution in [0.2, 0.25) is 0 Å². The van der Waals surface area contributed by atoms with Gasteiger partial charge < -0.3 is 5.32 Å². The maximum absolute atomic E-state index is 13.2. The summed E-state index contributed by atoms with van der Waals surface area (Å²) >= 11 is 1.04. The summed E-state index contributed by atoms with van der Waals surface area (Å²) in [6, 6.07) is 2.01. The van der Waals surface area contributed by atoms with Gasteiger partial charge in [0.1, 0.15) is 0 Å². The molecule has 1 atom stereocenters. The highest BCUT2D eigenvalue weighted by Gasteiger charge is 2.30. The number of anilines is 1. The number of rotatable bonds is 3. The van der Waals surface area contributed by atoms with Crippen molar-refractivity contribution in [2.24, 2.45) is 5.92 Å². The van der Waals surface area contributed by atoms with Crippen LogP contribution in [0.1, 0.15) is 12.8 Å². The van der Waals surface area contributed by atoms with Gasteiger partial charge in [0.2, 0.25) is 15.9 Å². The van der Waals surface area contributed by atoms with Crippen LogP contribution in [-0.2, 0) is 14.8 Å². The molecule has 2 heterocycles. The number of halogens is 2. The van der Waals surface area contributed by atoms with Crippen molar-refractivity contribution in [1.82, 2.24) is 9.29 Å². The fourth-order valence-electron chi connectivity index (χ4n) is 2.64. The van der Waals surface area contributed by atoms with Crippen LogP contribution in [0.5, 0.6) is 0 Å². The van der Waals surface area contributed by atoms with E-state index < -0.39 is 27.6 Å². The van der Waals surface area contributed by atoms with Crippen LogP contribution in [-0.4, -0.2) is 43.0 Å². The Balaban J connectivity index is 1.75. The van der Waals surface area contributed by atoms with E-state index in [1.54, 1.807) is 0 Å². The molecule has 0 saturated carbocycles. The van der Waals surface area contributed by atoms with Crippen LogP contribution in [0.25, 0.3) is 10.2 Å². The molecule has 2 aromatic rings. The van der Waals surface area contributed by atoms with Gasteiger partial charge >= 0.3 is 0 Å². The number of nitrogens with one attached hydrogen (secondary N) is 1. The summed E-state index contributed by atoms with van der Waals surface area (Å²) in [4.78, 5) is 16.4. The van der Waals surface area contributed by atoms with E-state index in [9.17, 15) is 22.0 Å². The summed E-state index contributed by atoms with van der Waals surface area (Å²) in [5.74, 6) is -2.79. The lowest BCUT2D eigenvalue weighted by Gasteiger charge is -2.29. The van der Waals surface area contributed by atoms with Gasteiger partial charge in [0, 0.05) is 19.2 Å². The molecule has 1 amide bonds. The van der Waals surface area contributed by atoms with Crippen LogP contribution in [0.4, 0.5) is 13.9 Å². The topological polar surface area (TPSA) is 79.4 Å². The molecule has 1 aromatic carbocycles. The highest BCUT2D eigenvalue weighted by Crippen LogP contribution is 2.29. The van der Waals surface area contributed by atoms with Crippen LogP contribution in [0.15, 0.2) is 12.1 Å². The predicted octanol–water partition coefficient (Wildman–Crippen LogP) is 2.18. The number of aromatic nitrogens is 1. The Bertz CT molecular complexity index is 859. The average Bonchev–Trinajstić information content (AvgIpc) is 2.88. The smallest absolute Gasteiger partial charge is 0.230 e. The van der Waals surface area contributed by atoms with Gasteiger partial charge in [-0.2, -0.15) is 0 Å². The highest BCUT2D eigenvalue weighted by molar-refractivity contribution is 7.88. The van der Waals surface area contributed by atoms with Crippen molar-refractivity contribution in [2.45, 2.75) is 12.8 Å². The number of sulfonamides is 1. The van der Waals surface area contributed by atoms with Gasteiger partial charge in [0.15, 0.2) is 16.8 Å². The molecule has 1 aliphatic rings. The van der Waals surface area contributed by atoms with Gasteiger partial charge in [-0.25, -0.2) is 26.5 Å². The van der Waals surface area contributed by atoms with E-state index in [2.05, 4.69) is 10.3 Å². The molecule has 3 rings (SSSR count). The molecule has 10 heteroatoms. The van der Waals surface area contributed by atoms with Gasteiger partial charge in [-0.15, -0.1) is 0 Å². The van der Waals surface area contributed by atoms with Crippen LogP contribution < -0.4 is 5.32 Å². The van der Waals surface area contributed by atoms with E-state index in [-0.39, 0.29) is 23.1 Å². The van der Waals surface area contributed by atoms with E-state index in [1.807, 2.05) is 0 Å². The monoisotopic (exact) mass is 375 g/mol. The predicted molar refractivity (Wildman–Crippen MR) is 87.3 cm³/mol. The Labute approximate surface area is 141 Å². The molecule has 6 nitrogen and oxygen atoms in total. The number of fused-ring (bicyclic) bond motifs is 1. The lowest BCUT2D eigenvalue weighted by atomic mass is 9.99. The SMILES string of the molecule is CS(=O)(=O)N1CCCC(C(=O)Nc2nc3cc(F)c(F)cc3s2)C1. The summed E-state index contributed by atoms with van der Waals surface area (Å²) in [7, 11) is -3.34. The number of hydrogen-bond acceptors (Lipinski definition) is 5. The third kappa shape index (κ3) is 3.55. The van der Waals surface area contributed by atoms with E-state index in [4.69, 9.17) is 0 Å². The van der Waals surface area contributed by atoms with Crippen molar-refractivity contribution in [3.05, 3.63) is 23.8 Å². The normalized spacial score (nSPS) is 19.5. The van der Waals surface area contributed by atoms with Crippen molar-refractivity contribution in [3.8, 4) is 0 Å². The molecule has 24 heavy (non-hydrogen) atoms. The molecule has 1 aliphatic heterocycles. The second-order valence-electron chi connectivity index (χ2n) is 5.70. The molecule has 130 valence electrons. The Hall–Kier alpha value is -1.65. The summed E-state index contributed by atoms with van der Waals surface area (Å²) < 4.78 is 51.3. The number of hydrogen-bond donors (Lipinski definition) is 1. The summed E-state index contributed by atoms with van der Waals surface area (Å²) in [5.41, 5.74) is 0.260. The second-order valence-corrected chi connectivity index (χ2v) is 8.72. The summed E-state index contributed by atoms with van der Waals surface area (Å²) in [6.07, 6.45) is 2.29. The highest BCUT2D eigenvalue weighted by atomic mass is 32.2. The number of benzene rings is 1. The minimum Gasteiger partial charge on any atom is -0.302 e. The first-order chi connectivity index (χ1) is 11.2. The molecule has 0 radical (unpaired) electrons. The first kappa shape index (κ1) is 17.2. The van der Waals surface area contributed by atoms with Crippen molar-refractivity contribution in [3.63, 3.8) is 0 Å². The van der Waals surface area contributed by atoms with Crippen LogP contribution >= 0.6 is 11.3 Å². The van der Waals surface area contributed by atoms with Crippen molar-refractivity contribution in [2.75, 3.05) is 24.7 Å². The fourth-order valence-corrected chi connectivity index (χ4v) is 4.43. The first-order valence-electron chi connectivity index (χ1n) is 7.25. The van der Waals surface area contributed by atoms with Crippen molar-refractivity contribution < 1.29 is 22.0 Å². The first-order valence-corrected chi connectivity index (χ1v) is 9.92. The maximum Gasteiger partial charge on any atom is 0.230 e. The molecule has 1 N–H and O–H groups in total. The molecule has 0 aliphatic carbocycles. The molecule has 1 saturated heterocycles. The fraction of sp³-hybridized carbons (Fsp3) is 0.429. The number of amides is 1. The van der Waals surface area contributed by atoms with Gasteiger partial charge in [0.05, 0.1) is 22.4 Å². The lowest BCUT2D eigenvalue weighted by molar-refractivity contribution is -0.120. The summed E-state index contributed by atoms with van der Waals surface area (Å²) in [6.45, 7) is 0.529. The second kappa shape index (κ2) is 6.34. The number of nitrogens with zero attached hydrogens (tertiary/aromatic N) is 2. The van der Waals surface area contributed by atoms with E-state index in [1.165, 1.54) is 4.31 Å². The quantitative estimate of drug-likeness (QED) is 0.892. The molecule has 1 fully saturated rings. The van der Waals surface area contributed by atoms with Crippen LogP contribution in [0, 0.1) is 17.6 Å². The molecular formula is C14H15F2N3O3S2. The van der Waals surface area contributed by atoms with Gasteiger partial charge in [-0.05, 0) is 18.9 Å². The minimum absolute atomic E-state index is 0.124. The largest absolute Gasteiger partial charge is 0.302 e. The Kier molecular flexibility index (Phi) is 4.54. The standard InChI is InChI=1S/C14H15F2N3O3S2/c1-24(21,22)19-4-2-3-8(7-19)13(20)18-14-17-11-5-9(15)10(16)6-12(11)23-14/h5-6,8H,2-4,7H2,1H3,(H,17,18,20). The van der Waals surface area contributed by atoms with E-state index in [0.29, 0.717) is 24.1 Å². The zero-order valence-corrected chi connectivity index (χ0v) is 14.4. The van der Waals surface area contributed by atoms with E-state index in [0.717, 1.165) is 29.7 Å². The number of thiazole rings is 1. The van der Waals surface area contributed by atoms with Crippen molar-refractivity contribution >= 4 is 42.6 Å². The minimum atomic E-state index is -3.34. The Morgan fingerprint density at radius 2 is 2.08 bits per heavy atom. The van der Waals surface area contributed by atoms with Gasteiger partial charge in [-0.1, -0.05) is 11.3 Å². The van der Waals surface area contributed by atoms with Crippen LogP contribution in [0.3, 0.4) is 0 Å². The molecule has 1 aromatic heterocycles. The van der Waals surface area contributed by atoms with Crippen molar-refractivity contribution in [1.29, 1.82) is 0 Å². The van der Waals surface area contributed by atoms with Gasteiger partial charge in [0.25, 0.3) is 0 Å². The zero-order chi connectivity index (χ0) is 17.5. The third-order valence-corrected chi connectivity index (χ3v) is 6.09. The average molecular weight is 375 g/mol. The van der Waals surface area contributed by atoms with E-state index >= 15 is 0 Å². The third-order valence-electron chi connectivity index (χ3n) is 3.88. The number of carbonyl (C=O) groups excluding carboxylic acids is 1. The summed E-state index contributed by atoms with van der Waals surface area (Å²) in [5, 5.41) is 2.85. The molecule has 0 spiro atoms. The molecule has 1 unspecified atom stereocenters. The number of piperidine rings is 1. The zero-order valence-electron chi connectivity index (χ0n) is 12.8.